The molecule has 0 saturated heterocycles. The van der Waals surface area contributed by atoms with E-state index >= 15 is 0 Å². The lowest BCUT2D eigenvalue weighted by molar-refractivity contribution is 0.000147. The molecule has 2 aromatic carbocycles. The van der Waals surface area contributed by atoms with Gasteiger partial charge >= 0.3 is 5.97 Å². The summed E-state index contributed by atoms with van der Waals surface area (Å²) in [7, 11) is 0. The molecule has 1 heterocycles. The molecule has 19 heavy (non-hydrogen) atoms. The highest BCUT2D eigenvalue weighted by Crippen LogP contribution is 2.43. The number of benzene rings is 2. The summed E-state index contributed by atoms with van der Waals surface area (Å²) in [6, 6.07) is 14.4. The molecule has 3 rings (SSSR count). The van der Waals surface area contributed by atoms with Crippen LogP contribution in [0.2, 0.25) is 0 Å². The summed E-state index contributed by atoms with van der Waals surface area (Å²) in [5.74, 6) is -0.462. The lowest BCUT2D eigenvalue weighted by atomic mass is 9.84. The van der Waals surface area contributed by atoms with E-state index in [2.05, 4.69) is 0 Å². The Morgan fingerprint density at radius 1 is 1.05 bits per heavy atom. The minimum Gasteiger partial charge on any atom is -0.443 e. The van der Waals surface area contributed by atoms with Gasteiger partial charge in [0.25, 0.3) is 0 Å². The molecule has 0 saturated carbocycles. The van der Waals surface area contributed by atoms with Gasteiger partial charge in [-0.05, 0) is 18.6 Å². The molecule has 0 N–H and O–H groups in total. The Kier molecular flexibility index (Phi) is 2.63. The van der Waals surface area contributed by atoms with E-state index in [1.165, 1.54) is 0 Å². The summed E-state index contributed by atoms with van der Waals surface area (Å²) in [5, 5.41) is 0. The number of carbonyl (C=O) groups is 1. The largest absolute Gasteiger partial charge is 0.443 e. The maximum Gasteiger partial charge on any atom is 0.339 e. The SMILES string of the molecule is Cc1ccccc1C1(CF)OC(=O)c2ccccc21. The van der Waals surface area contributed by atoms with Gasteiger partial charge in [0.1, 0.15) is 6.67 Å². The highest BCUT2D eigenvalue weighted by molar-refractivity contribution is 5.95. The summed E-state index contributed by atoms with van der Waals surface area (Å²) in [5.41, 5.74) is 1.37. The molecule has 0 aromatic heterocycles. The van der Waals surface area contributed by atoms with E-state index in [0.717, 1.165) is 5.56 Å². The van der Waals surface area contributed by atoms with Crippen molar-refractivity contribution in [2.75, 3.05) is 6.67 Å². The topological polar surface area (TPSA) is 26.3 Å². The van der Waals surface area contributed by atoms with Crippen LogP contribution in [0.3, 0.4) is 0 Å². The number of alkyl halides is 1. The van der Waals surface area contributed by atoms with Crippen molar-refractivity contribution in [1.29, 1.82) is 0 Å². The first-order valence-corrected chi connectivity index (χ1v) is 6.14. The highest BCUT2D eigenvalue weighted by Gasteiger charge is 2.47. The van der Waals surface area contributed by atoms with Crippen molar-refractivity contribution < 1.29 is 13.9 Å². The number of rotatable bonds is 2. The van der Waals surface area contributed by atoms with Gasteiger partial charge in [-0.2, -0.15) is 0 Å². The average Bonchev–Trinajstić information content (AvgIpc) is 2.74. The van der Waals surface area contributed by atoms with Gasteiger partial charge in [-0.25, -0.2) is 9.18 Å². The van der Waals surface area contributed by atoms with Crippen LogP contribution < -0.4 is 0 Å². The fourth-order valence-corrected chi connectivity index (χ4v) is 2.68. The third-order valence-electron chi connectivity index (χ3n) is 3.62. The lowest BCUT2D eigenvalue weighted by Gasteiger charge is -2.27. The van der Waals surface area contributed by atoms with Gasteiger partial charge in [-0.1, -0.05) is 42.5 Å². The number of carbonyl (C=O) groups excluding carboxylic acids is 1. The minimum absolute atomic E-state index is 0.448. The van der Waals surface area contributed by atoms with E-state index in [4.69, 9.17) is 4.74 Å². The third-order valence-corrected chi connectivity index (χ3v) is 3.62. The summed E-state index contributed by atoms with van der Waals surface area (Å²) in [6.07, 6.45) is 0. The lowest BCUT2D eigenvalue weighted by Crippen LogP contribution is -2.31. The smallest absolute Gasteiger partial charge is 0.339 e. The molecule has 1 aliphatic rings. The molecule has 1 atom stereocenters. The van der Waals surface area contributed by atoms with Gasteiger partial charge in [0.15, 0.2) is 5.60 Å². The average molecular weight is 256 g/mol. The maximum absolute atomic E-state index is 13.8. The van der Waals surface area contributed by atoms with E-state index in [-0.39, 0.29) is 0 Å². The van der Waals surface area contributed by atoms with Crippen molar-refractivity contribution in [2.45, 2.75) is 12.5 Å². The molecule has 0 aliphatic carbocycles. The van der Waals surface area contributed by atoms with E-state index in [1.54, 1.807) is 24.3 Å². The number of fused-ring (bicyclic) bond motifs is 1. The van der Waals surface area contributed by atoms with Crippen LogP contribution in [-0.4, -0.2) is 12.6 Å². The molecule has 0 radical (unpaired) electrons. The summed E-state index contributed by atoms with van der Waals surface area (Å²) in [4.78, 5) is 11.9. The predicted octanol–water partition coefficient (Wildman–Crippen LogP) is 3.38. The van der Waals surface area contributed by atoms with Crippen LogP contribution in [0.4, 0.5) is 4.39 Å². The van der Waals surface area contributed by atoms with Crippen LogP contribution in [-0.2, 0) is 10.3 Å². The molecule has 0 fully saturated rings. The first-order valence-electron chi connectivity index (χ1n) is 6.14. The van der Waals surface area contributed by atoms with Crippen molar-refractivity contribution in [1.82, 2.24) is 0 Å². The first kappa shape index (κ1) is 11.9. The van der Waals surface area contributed by atoms with Crippen molar-refractivity contribution in [3.8, 4) is 0 Å². The van der Waals surface area contributed by atoms with E-state index in [1.807, 2.05) is 31.2 Å². The molecular formula is C16H13FO2. The molecule has 2 aromatic rings. The number of esters is 1. The number of ether oxygens (including phenoxy) is 1. The van der Waals surface area contributed by atoms with Gasteiger partial charge in [-0.3, -0.25) is 0 Å². The van der Waals surface area contributed by atoms with Crippen molar-refractivity contribution in [3.63, 3.8) is 0 Å². The van der Waals surface area contributed by atoms with Gasteiger partial charge in [-0.15, -0.1) is 0 Å². The molecular weight excluding hydrogens is 243 g/mol. The van der Waals surface area contributed by atoms with Crippen LogP contribution in [0, 0.1) is 6.92 Å². The van der Waals surface area contributed by atoms with E-state index < -0.39 is 18.2 Å². The second kappa shape index (κ2) is 4.19. The Balaban J connectivity index is 2.28. The van der Waals surface area contributed by atoms with E-state index in [9.17, 15) is 9.18 Å². The highest BCUT2D eigenvalue weighted by atomic mass is 19.1. The normalized spacial score (nSPS) is 21.1. The Morgan fingerprint density at radius 3 is 2.37 bits per heavy atom. The Hall–Kier alpha value is -2.16. The van der Waals surface area contributed by atoms with Crippen LogP contribution in [0.1, 0.15) is 27.0 Å². The van der Waals surface area contributed by atoms with Crippen LogP contribution in [0.5, 0.6) is 0 Å². The zero-order valence-electron chi connectivity index (χ0n) is 10.5. The second-order valence-electron chi connectivity index (χ2n) is 4.71. The molecule has 2 nitrogen and oxygen atoms in total. The van der Waals surface area contributed by atoms with E-state index in [0.29, 0.717) is 16.7 Å². The minimum atomic E-state index is -1.29. The number of halogens is 1. The van der Waals surface area contributed by atoms with Gasteiger partial charge in [0, 0.05) is 11.1 Å². The Morgan fingerprint density at radius 2 is 1.68 bits per heavy atom. The Bertz CT molecular complexity index is 651. The predicted molar refractivity (Wildman–Crippen MR) is 69.8 cm³/mol. The van der Waals surface area contributed by atoms with Crippen LogP contribution in [0.15, 0.2) is 48.5 Å². The fourth-order valence-electron chi connectivity index (χ4n) is 2.68. The summed E-state index contributed by atoms with van der Waals surface area (Å²) < 4.78 is 19.2. The van der Waals surface area contributed by atoms with Gasteiger partial charge in [0.05, 0.1) is 5.56 Å². The summed E-state index contributed by atoms with van der Waals surface area (Å²) in [6.45, 7) is 1.13. The molecule has 0 amide bonds. The van der Waals surface area contributed by atoms with Crippen LogP contribution >= 0.6 is 0 Å². The quantitative estimate of drug-likeness (QED) is 0.770. The van der Waals surface area contributed by atoms with Crippen molar-refractivity contribution >= 4 is 5.97 Å². The molecule has 0 bridgehead atoms. The number of cyclic esters (lactones) is 1. The van der Waals surface area contributed by atoms with Gasteiger partial charge in [0.2, 0.25) is 0 Å². The van der Waals surface area contributed by atoms with Gasteiger partial charge < -0.3 is 4.74 Å². The van der Waals surface area contributed by atoms with Crippen molar-refractivity contribution in [3.05, 3.63) is 70.8 Å². The fraction of sp³-hybridized carbons (Fsp3) is 0.188. The van der Waals surface area contributed by atoms with Crippen molar-refractivity contribution in [2.24, 2.45) is 0 Å². The monoisotopic (exact) mass is 256 g/mol. The third kappa shape index (κ3) is 1.58. The molecule has 96 valence electrons. The molecule has 3 heteroatoms. The summed E-state index contributed by atoms with van der Waals surface area (Å²) >= 11 is 0. The number of hydrogen-bond donors (Lipinski definition) is 0. The standard InChI is InChI=1S/C16H13FO2/c1-11-6-2-4-8-13(11)16(10-17)14-9-5-3-7-12(14)15(18)19-16/h2-9H,10H2,1H3. The zero-order chi connectivity index (χ0) is 13.5. The molecule has 0 spiro atoms. The zero-order valence-corrected chi connectivity index (χ0v) is 10.5. The second-order valence-corrected chi connectivity index (χ2v) is 4.71. The Labute approximate surface area is 110 Å². The molecule has 1 unspecified atom stereocenters. The van der Waals surface area contributed by atoms with Crippen LogP contribution in [0.25, 0.3) is 0 Å². The maximum atomic E-state index is 13.8. The first-order chi connectivity index (χ1) is 9.19. The number of hydrogen-bond acceptors (Lipinski definition) is 2. The number of aryl methyl sites for hydroxylation is 1. The molecule has 1 aliphatic heterocycles.